The van der Waals surface area contributed by atoms with E-state index in [9.17, 15) is 4.39 Å². The number of hydrogen-bond acceptors (Lipinski definition) is 6. The van der Waals surface area contributed by atoms with Gasteiger partial charge in [0.05, 0.1) is 23.3 Å². The lowest BCUT2D eigenvalue weighted by Crippen LogP contribution is -2.06. The van der Waals surface area contributed by atoms with Crippen molar-refractivity contribution in [3.05, 3.63) is 64.7 Å². The van der Waals surface area contributed by atoms with Crippen LogP contribution < -0.4 is 4.74 Å². The Labute approximate surface area is 181 Å². The van der Waals surface area contributed by atoms with E-state index < -0.39 is 0 Å². The summed E-state index contributed by atoms with van der Waals surface area (Å²) in [5.74, 6) is 0.564. The van der Waals surface area contributed by atoms with E-state index in [0.29, 0.717) is 45.4 Å². The second-order valence-corrected chi connectivity index (χ2v) is 7.45. The van der Waals surface area contributed by atoms with Crippen molar-refractivity contribution in [2.75, 3.05) is 6.61 Å². The zero-order valence-corrected chi connectivity index (χ0v) is 17.8. The third kappa shape index (κ3) is 4.40. The van der Waals surface area contributed by atoms with Crippen LogP contribution in [0.15, 0.2) is 57.9 Å². The average molecular weight is 472 g/mol. The van der Waals surface area contributed by atoms with Crippen molar-refractivity contribution in [2.24, 2.45) is 0 Å². The van der Waals surface area contributed by atoms with Crippen LogP contribution >= 0.6 is 15.9 Å². The van der Waals surface area contributed by atoms with Crippen molar-refractivity contribution in [3.63, 3.8) is 0 Å². The predicted molar refractivity (Wildman–Crippen MR) is 112 cm³/mol. The number of hydrogen-bond donors (Lipinski definition) is 0. The quantitative estimate of drug-likeness (QED) is 0.331. The SMILES string of the molecule is CCCCOc1nc(-c2cc(-c3ccon3)n(Cc3ccccc3F)n2)ncc1Br. The molecule has 0 aliphatic carbocycles. The summed E-state index contributed by atoms with van der Waals surface area (Å²) in [6.45, 7) is 2.89. The van der Waals surface area contributed by atoms with Gasteiger partial charge in [-0.2, -0.15) is 10.1 Å². The lowest BCUT2D eigenvalue weighted by Gasteiger charge is -2.07. The van der Waals surface area contributed by atoms with Crippen LogP contribution in [-0.2, 0) is 6.54 Å². The predicted octanol–water partition coefficient (Wildman–Crippen LogP) is 5.12. The first-order valence-corrected chi connectivity index (χ1v) is 10.3. The summed E-state index contributed by atoms with van der Waals surface area (Å²) in [4.78, 5) is 8.87. The van der Waals surface area contributed by atoms with Gasteiger partial charge in [-0.15, -0.1) is 0 Å². The van der Waals surface area contributed by atoms with Gasteiger partial charge in [-0.1, -0.05) is 36.7 Å². The Bertz CT molecular complexity index is 1130. The van der Waals surface area contributed by atoms with Gasteiger partial charge in [-0.05, 0) is 34.5 Å². The van der Waals surface area contributed by atoms with E-state index in [-0.39, 0.29) is 12.4 Å². The maximum Gasteiger partial charge on any atom is 0.231 e. The molecular weight excluding hydrogens is 453 g/mol. The molecule has 4 aromatic rings. The summed E-state index contributed by atoms with van der Waals surface area (Å²) in [5.41, 5.74) is 2.29. The molecule has 0 bridgehead atoms. The van der Waals surface area contributed by atoms with E-state index in [1.54, 1.807) is 41.2 Å². The van der Waals surface area contributed by atoms with Gasteiger partial charge >= 0.3 is 0 Å². The standard InChI is InChI=1S/C21H19BrFN5O2/c1-2-3-9-29-21-15(22)12-24-20(25-21)18-11-19(17-8-10-30-27-17)28(26-18)13-14-6-4-5-7-16(14)23/h4-8,10-12H,2-3,9,13H2,1H3. The van der Waals surface area contributed by atoms with E-state index >= 15 is 0 Å². The lowest BCUT2D eigenvalue weighted by atomic mass is 10.2. The molecule has 3 heterocycles. The molecule has 154 valence electrons. The largest absolute Gasteiger partial charge is 0.477 e. The number of ether oxygens (including phenoxy) is 1. The number of rotatable bonds is 8. The van der Waals surface area contributed by atoms with Crippen molar-refractivity contribution in [3.8, 4) is 28.8 Å². The topological polar surface area (TPSA) is 78.9 Å². The zero-order valence-electron chi connectivity index (χ0n) is 16.3. The van der Waals surface area contributed by atoms with E-state index in [1.165, 1.54) is 12.3 Å². The molecule has 0 saturated carbocycles. The lowest BCUT2D eigenvalue weighted by molar-refractivity contribution is 0.295. The van der Waals surface area contributed by atoms with E-state index in [4.69, 9.17) is 9.26 Å². The number of aromatic nitrogens is 5. The van der Waals surface area contributed by atoms with Crippen LogP contribution in [-0.4, -0.2) is 31.5 Å². The van der Waals surface area contributed by atoms with Crippen LogP contribution in [0.2, 0.25) is 0 Å². The van der Waals surface area contributed by atoms with Gasteiger partial charge in [-0.3, -0.25) is 4.68 Å². The fourth-order valence-corrected chi connectivity index (χ4v) is 3.18. The zero-order chi connectivity index (χ0) is 20.9. The molecule has 0 aliphatic rings. The molecule has 1 aromatic carbocycles. The van der Waals surface area contributed by atoms with E-state index in [1.807, 2.05) is 0 Å². The summed E-state index contributed by atoms with van der Waals surface area (Å²) < 4.78 is 27.3. The van der Waals surface area contributed by atoms with Crippen LogP contribution in [0.4, 0.5) is 4.39 Å². The van der Waals surface area contributed by atoms with Gasteiger partial charge < -0.3 is 9.26 Å². The Morgan fingerprint density at radius 3 is 2.83 bits per heavy atom. The number of unbranched alkanes of at least 4 members (excludes halogenated alkanes) is 1. The van der Waals surface area contributed by atoms with Crippen molar-refractivity contribution < 1.29 is 13.7 Å². The molecular formula is C21H19BrFN5O2. The Hall–Kier alpha value is -3.07. The molecule has 0 N–H and O–H groups in total. The minimum absolute atomic E-state index is 0.227. The molecule has 0 amide bonds. The summed E-state index contributed by atoms with van der Waals surface area (Å²) in [6, 6.07) is 10.1. The highest BCUT2D eigenvalue weighted by molar-refractivity contribution is 9.10. The Morgan fingerprint density at radius 2 is 2.07 bits per heavy atom. The normalized spacial score (nSPS) is 11.0. The molecule has 0 atom stereocenters. The second kappa shape index (κ2) is 9.17. The highest BCUT2D eigenvalue weighted by Crippen LogP contribution is 2.28. The molecule has 9 heteroatoms. The van der Waals surface area contributed by atoms with Crippen LogP contribution in [0.25, 0.3) is 22.9 Å². The molecule has 0 radical (unpaired) electrons. The van der Waals surface area contributed by atoms with Gasteiger partial charge in [0.25, 0.3) is 0 Å². The minimum atomic E-state index is -0.299. The Balaban J connectivity index is 1.71. The molecule has 0 unspecified atom stereocenters. The van der Waals surface area contributed by atoms with Crippen LogP contribution in [0.5, 0.6) is 5.88 Å². The van der Waals surface area contributed by atoms with E-state index in [0.717, 1.165) is 12.8 Å². The van der Waals surface area contributed by atoms with Gasteiger partial charge in [0.1, 0.15) is 23.5 Å². The Morgan fingerprint density at radius 1 is 1.20 bits per heavy atom. The maximum absolute atomic E-state index is 14.2. The van der Waals surface area contributed by atoms with Gasteiger partial charge in [0.2, 0.25) is 5.88 Å². The molecule has 30 heavy (non-hydrogen) atoms. The van der Waals surface area contributed by atoms with Gasteiger partial charge in [0.15, 0.2) is 5.82 Å². The van der Waals surface area contributed by atoms with Crippen LogP contribution in [0.1, 0.15) is 25.3 Å². The monoisotopic (exact) mass is 471 g/mol. The van der Waals surface area contributed by atoms with Crippen molar-refractivity contribution in [1.82, 2.24) is 24.9 Å². The molecule has 0 saturated heterocycles. The molecule has 3 aromatic heterocycles. The molecule has 7 nitrogen and oxygen atoms in total. The number of halogens is 2. The smallest absolute Gasteiger partial charge is 0.231 e. The first-order valence-electron chi connectivity index (χ1n) is 9.53. The fourth-order valence-electron chi connectivity index (χ4n) is 2.87. The van der Waals surface area contributed by atoms with Crippen molar-refractivity contribution in [1.29, 1.82) is 0 Å². The fraction of sp³-hybridized carbons (Fsp3) is 0.238. The van der Waals surface area contributed by atoms with Crippen molar-refractivity contribution >= 4 is 15.9 Å². The molecule has 0 spiro atoms. The maximum atomic E-state index is 14.2. The average Bonchev–Trinajstić information content (AvgIpc) is 3.41. The Kier molecular flexibility index (Phi) is 6.18. The highest BCUT2D eigenvalue weighted by Gasteiger charge is 2.18. The van der Waals surface area contributed by atoms with Gasteiger partial charge in [-0.25, -0.2) is 9.37 Å². The van der Waals surface area contributed by atoms with Crippen LogP contribution in [0.3, 0.4) is 0 Å². The molecule has 0 aliphatic heterocycles. The molecule has 4 rings (SSSR count). The third-order valence-corrected chi connectivity index (χ3v) is 4.98. The van der Waals surface area contributed by atoms with Gasteiger partial charge in [0, 0.05) is 17.8 Å². The first-order chi connectivity index (χ1) is 14.7. The minimum Gasteiger partial charge on any atom is -0.477 e. The summed E-state index contributed by atoms with van der Waals surface area (Å²) in [7, 11) is 0. The highest BCUT2D eigenvalue weighted by atomic mass is 79.9. The summed E-state index contributed by atoms with van der Waals surface area (Å²) in [6.07, 6.45) is 5.07. The summed E-state index contributed by atoms with van der Waals surface area (Å²) in [5, 5.41) is 8.61. The number of benzene rings is 1. The van der Waals surface area contributed by atoms with Crippen LogP contribution in [0, 0.1) is 5.82 Å². The van der Waals surface area contributed by atoms with E-state index in [2.05, 4.69) is 43.1 Å². The van der Waals surface area contributed by atoms with Crippen molar-refractivity contribution in [2.45, 2.75) is 26.3 Å². The first kappa shape index (κ1) is 20.2. The number of nitrogens with zero attached hydrogens (tertiary/aromatic N) is 5. The second-order valence-electron chi connectivity index (χ2n) is 6.60. The molecule has 0 fully saturated rings. The third-order valence-electron chi connectivity index (χ3n) is 4.44. The summed E-state index contributed by atoms with van der Waals surface area (Å²) >= 11 is 3.42.